The van der Waals surface area contributed by atoms with Crippen molar-refractivity contribution in [1.29, 1.82) is 0 Å². The first-order chi connectivity index (χ1) is 9.36. The Bertz CT molecular complexity index is 599. The molecule has 0 atom stereocenters. The van der Waals surface area contributed by atoms with Crippen LogP contribution in [0.3, 0.4) is 0 Å². The van der Waals surface area contributed by atoms with Crippen molar-refractivity contribution in [3.05, 3.63) is 72.2 Å². The summed E-state index contributed by atoms with van der Waals surface area (Å²) in [6.45, 7) is 0. The van der Waals surface area contributed by atoms with Gasteiger partial charge in [0, 0.05) is 10.9 Å². The van der Waals surface area contributed by atoms with Crippen molar-refractivity contribution in [3.8, 4) is 11.1 Å². The van der Waals surface area contributed by atoms with Gasteiger partial charge in [-0.2, -0.15) is 0 Å². The number of hydrogen-bond acceptors (Lipinski definition) is 2. The monoisotopic (exact) mass is 316 g/mol. The van der Waals surface area contributed by atoms with Gasteiger partial charge in [0.15, 0.2) is 0 Å². The Kier molecular flexibility index (Phi) is 3.56. The summed E-state index contributed by atoms with van der Waals surface area (Å²) in [5, 5.41) is 0.860. The Morgan fingerprint density at radius 3 is 2.32 bits per heavy atom. The molecule has 0 unspecified atom stereocenters. The Hall–Kier alpha value is -1.74. The Labute approximate surface area is 120 Å². The van der Waals surface area contributed by atoms with E-state index in [9.17, 15) is 0 Å². The average Bonchev–Trinajstić information content (AvgIpc) is 3.02. The second kappa shape index (κ2) is 5.49. The van der Waals surface area contributed by atoms with Gasteiger partial charge in [-0.05, 0) is 22.8 Å². The highest BCUT2D eigenvalue weighted by Crippen LogP contribution is 2.28. The molecule has 1 aliphatic heterocycles. The Morgan fingerprint density at radius 1 is 0.895 bits per heavy atom. The van der Waals surface area contributed by atoms with Crippen molar-refractivity contribution < 1.29 is 9.47 Å². The van der Waals surface area contributed by atoms with Crippen LogP contribution in [0, 0.1) is 0 Å². The maximum atomic E-state index is 5.36. The molecule has 0 N–H and O–H groups in total. The minimum absolute atomic E-state index is 0.320. The molecule has 0 bridgehead atoms. The molecule has 19 heavy (non-hydrogen) atoms. The minimum Gasteiger partial charge on any atom is -0.455 e. The molecule has 0 aromatic heterocycles. The predicted molar refractivity (Wildman–Crippen MR) is 78.6 cm³/mol. The van der Waals surface area contributed by atoms with Crippen molar-refractivity contribution in [3.63, 3.8) is 0 Å². The van der Waals surface area contributed by atoms with Gasteiger partial charge in [-0.1, -0.05) is 58.4 Å². The summed E-state index contributed by atoms with van der Waals surface area (Å²) < 4.78 is 10.7. The third-order valence-corrected chi connectivity index (χ3v) is 3.68. The van der Waals surface area contributed by atoms with Gasteiger partial charge in [-0.15, -0.1) is 0 Å². The molecule has 0 spiro atoms. The second-order valence-corrected chi connectivity index (χ2v) is 4.90. The van der Waals surface area contributed by atoms with E-state index in [4.69, 9.17) is 9.47 Å². The molecule has 0 saturated carbocycles. The molecule has 1 aliphatic rings. The topological polar surface area (TPSA) is 18.5 Å². The SMILES string of the molecule is BrCc1cccc(-c2cccc(C3OC=CO3)c2)c1. The van der Waals surface area contributed by atoms with Crippen LogP contribution in [0.4, 0.5) is 0 Å². The lowest BCUT2D eigenvalue weighted by atomic mass is 10.0. The van der Waals surface area contributed by atoms with Crippen molar-refractivity contribution in [1.82, 2.24) is 0 Å². The minimum atomic E-state index is -0.320. The highest BCUT2D eigenvalue weighted by atomic mass is 79.9. The number of rotatable bonds is 3. The van der Waals surface area contributed by atoms with Crippen LogP contribution in [-0.4, -0.2) is 0 Å². The average molecular weight is 317 g/mol. The van der Waals surface area contributed by atoms with Gasteiger partial charge in [0.25, 0.3) is 6.29 Å². The van der Waals surface area contributed by atoms with Gasteiger partial charge in [0.2, 0.25) is 0 Å². The summed E-state index contributed by atoms with van der Waals surface area (Å²) >= 11 is 3.48. The quantitative estimate of drug-likeness (QED) is 0.760. The zero-order chi connectivity index (χ0) is 13.1. The summed E-state index contributed by atoms with van der Waals surface area (Å²) in [6, 6.07) is 16.7. The third kappa shape index (κ3) is 2.66. The molecule has 0 radical (unpaired) electrons. The van der Waals surface area contributed by atoms with Crippen LogP contribution in [0.1, 0.15) is 17.4 Å². The summed E-state index contributed by atoms with van der Waals surface area (Å²) in [5.41, 5.74) is 4.65. The number of hydrogen-bond donors (Lipinski definition) is 0. The lowest BCUT2D eigenvalue weighted by Crippen LogP contribution is -1.97. The molecule has 3 heteroatoms. The fraction of sp³-hybridized carbons (Fsp3) is 0.125. The summed E-state index contributed by atoms with van der Waals surface area (Å²) in [5.74, 6) is 0. The van der Waals surface area contributed by atoms with Gasteiger partial charge < -0.3 is 9.47 Å². The van der Waals surface area contributed by atoms with Crippen molar-refractivity contribution in [2.45, 2.75) is 11.6 Å². The van der Waals surface area contributed by atoms with Crippen LogP contribution in [0.2, 0.25) is 0 Å². The van der Waals surface area contributed by atoms with Crippen molar-refractivity contribution in [2.75, 3.05) is 0 Å². The molecule has 0 saturated heterocycles. The fourth-order valence-corrected chi connectivity index (χ4v) is 2.44. The zero-order valence-corrected chi connectivity index (χ0v) is 11.8. The Balaban J connectivity index is 1.93. The van der Waals surface area contributed by atoms with E-state index in [1.165, 1.54) is 16.7 Å². The van der Waals surface area contributed by atoms with Crippen LogP contribution < -0.4 is 0 Å². The van der Waals surface area contributed by atoms with Crippen LogP contribution in [0.5, 0.6) is 0 Å². The number of halogens is 1. The highest BCUT2D eigenvalue weighted by molar-refractivity contribution is 9.08. The van der Waals surface area contributed by atoms with Crippen molar-refractivity contribution in [2.24, 2.45) is 0 Å². The van der Waals surface area contributed by atoms with E-state index in [0.29, 0.717) is 0 Å². The largest absolute Gasteiger partial charge is 0.455 e. The molecule has 2 aromatic rings. The standard InChI is InChI=1S/C16H13BrO2/c17-11-12-3-1-4-13(9-12)14-5-2-6-15(10-14)16-18-7-8-19-16/h1-10,16H,11H2. The normalized spacial score (nSPS) is 14.2. The zero-order valence-electron chi connectivity index (χ0n) is 10.3. The molecule has 0 fully saturated rings. The second-order valence-electron chi connectivity index (χ2n) is 4.34. The first kappa shape index (κ1) is 12.3. The number of alkyl halides is 1. The first-order valence-electron chi connectivity index (χ1n) is 6.08. The summed E-state index contributed by atoms with van der Waals surface area (Å²) in [6.07, 6.45) is 2.82. The van der Waals surface area contributed by atoms with Gasteiger partial charge in [0.1, 0.15) is 12.5 Å². The van der Waals surface area contributed by atoms with Gasteiger partial charge in [0.05, 0.1) is 0 Å². The maximum absolute atomic E-state index is 5.36. The van der Waals surface area contributed by atoms with Crippen molar-refractivity contribution >= 4 is 15.9 Å². The molecule has 1 heterocycles. The predicted octanol–water partition coefficient (Wildman–Crippen LogP) is 4.77. The molecule has 96 valence electrons. The molecular formula is C16H13BrO2. The smallest absolute Gasteiger partial charge is 0.266 e. The van der Waals surface area contributed by atoms with Crippen LogP contribution in [0.25, 0.3) is 11.1 Å². The van der Waals surface area contributed by atoms with Gasteiger partial charge in [-0.25, -0.2) is 0 Å². The van der Waals surface area contributed by atoms with Gasteiger partial charge >= 0.3 is 0 Å². The number of ether oxygens (including phenoxy) is 2. The number of benzene rings is 2. The first-order valence-corrected chi connectivity index (χ1v) is 7.20. The fourth-order valence-electron chi connectivity index (χ4n) is 2.09. The highest BCUT2D eigenvalue weighted by Gasteiger charge is 2.15. The lowest BCUT2D eigenvalue weighted by Gasteiger charge is -2.12. The van der Waals surface area contributed by atoms with E-state index in [-0.39, 0.29) is 6.29 Å². The molecule has 0 aliphatic carbocycles. The van der Waals surface area contributed by atoms with E-state index in [1.54, 1.807) is 12.5 Å². The third-order valence-electron chi connectivity index (χ3n) is 3.03. The van der Waals surface area contributed by atoms with E-state index in [2.05, 4.69) is 52.3 Å². The lowest BCUT2D eigenvalue weighted by molar-refractivity contribution is -0.0245. The summed E-state index contributed by atoms with van der Waals surface area (Å²) in [7, 11) is 0. The van der Waals surface area contributed by atoms with E-state index in [0.717, 1.165) is 10.9 Å². The van der Waals surface area contributed by atoms with Crippen LogP contribution in [-0.2, 0) is 14.8 Å². The molecule has 3 rings (SSSR count). The maximum Gasteiger partial charge on any atom is 0.266 e. The molecular weight excluding hydrogens is 304 g/mol. The van der Waals surface area contributed by atoms with E-state index in [1.807, 2.05) is 12.1 Å². The van der Waals surface area contributed by atoms with Crippen LogP contribution in [0.15, 0.2) is 61.1 Å². The Morgan fingerprint density at radius 2 is 1.58 bits per heavy atom. The van der Waals surface area contributed by atoms with E-state index < -0.39 is 0 Å². The summed E-state index contributed by atoms with van der Waals surface area (Å²) in [4.78, 5) is 0. The molecule has 2 aromatic carbocycles. The van der Waals surface area contributed by atoms with E-state index >= 15 is 0 Å². The molecule has 2 nitrogen and oxygen atoms in total. The molecule has 0 amide bonds. The van der Waals surface area contributed by atoms with Crippen LogP contribution >= 0.6 is 15.9 Å². The van der Waals surface area contributed by atoms with Gasteiger partial charge in [-0.3, -0.25) is 0 Å².